The van der Waals surface area contributed by atoms with Crippen LogP contribution in [-0.4, -0.2) is 26.5 Å². The molecule has 8 heteroatoms. The first-order chi connectivity index (χ1) is 9.91. The number of carbonyl (C=O) groups is 1. The molecule has 2 N–H and O–H groups in total. The molecule has 1 aromatic rings. The van der Waals surface area contributed by atoms with Gasteiger partial charge in [0.2, 0.25) is 6.17 Å². The van der Waals surface area contributed by atoms with Crippen LogP contribution in [0.2, 0.25) is 0 Å². The normalized spacial score (nSPS) is 17.6. The van der Waals surface area contributed by atoms with E-state index in [0.717, 1.165) is 25.1 Å². The van der Waals surface area contributed by atoms with Crippen LogP contribution >= 0.6 is 0 Å². The van der Waals surface area contributed by atoms with Gasteiger partial charge in [0.15, 0.2) is 11.6 Å². The molecule has 0 aliphatic heterocycles. The van der Waals surface area contributed by atoms with Gasteiger partial charge in [-0.15, -0.1) is 4.72 Å². The minimum Gasteiger partial charge on any atom is -0.598 e. The second-order valence-corrected chi connectivity index (χ2v) is 7.95. The molecule has 0 aliphatic carbocycles. The molecule has 0 heterocycles. The number of hydrogen-bond acceptors (Lipinski definition) is 3. The summed E-state index contributed by atoms with van der Waals surface area (Å²) in [7, 11) is 0. The SMILES string of the molecule is CC(C)(C)[S@@+]([O-])N[C@](C)(c1cccc(F)c1F)[C@@H](F)C(=O)O. The van der Waals surface area contributed by atoms with Gasteiger partial charge in [0.1, 0.15) is 10.3 Å². The second-order valence-electron chi connectivity index (χ2n) is 5.99. The highest BCUT2D eigenvalue weighted by Crippen LogP contribution is 2.33. The van der Waals surface area contributed by atoms with Crippen molar-refractivity contribution in [1.29, 1.82) is 0 Å². The van der Waals surface area contributed by atoms with Gasteiger partial charge in [-0.25, -0.2) is 18.0 Å². The highest BCUT2D eigenvalue weighted by Gasteiger charge is 2.48. The summed E-state index contributed by atoms with van der Waals surface area (Å²) in [6.45, 7) is 5.76. The number of nitrogens with one attached hydrogen (secondary N) is 1. The van der Waals surface area contributed by atoms with Crippen molar-refractivity contribution < 1.29 is 27.6 Å². The Bertz CT molecular complexity index is 565. The van der Waals surface area contributed by atoms with Gasteiger partial charge in [-0.3, -0.25) is 0 Å². The Morgan fingerprint density at radius 2 is 1.86 bits per heavy atom. The smallest absolute Gasteiger partial charge is 0.340 e. The van der Waals surface area contributed by atoms with Crippen molar-refractivity contribution in [2.24, 2.45) is 0 Å². The third-order valence-electron chi connectivity index (χ3n) is 3.10. The lowest BCUT2D eigenvalue weighted by Crippen LogP contribution is -2.56. The number of rotatable bonds is 5. The molecule has 0 saturated carbocycles. The molecular weight excluding hydrogens is 319 g/mol. The van der Waals surface area contributed by atoms with Crippen LogP contribution in [-0.2, 0) is 21.7 Å². The summed E-state index contributed by atoms with van der Waals surface area (Å²) in [6.07, 6.45) is -2.63. The highest BCUT2D eigenvalue weighted by molar-refractivity contribution is 7.90. The number of alkyl halides is 1. The van der Waals surface area contributed by atoms with Crippen LogP contribution < -0.4 is 4.72 Å². The van der Waals surface area contributed by atoms with Gasteiger partial charge in [-0.05, 0) is 33.8 Å². The van der Waals surface area contributed by atoms with E-state index >= 15 is 0 Å². The summed E-state index contributed by atoms with van der Waals surface area (Å²) in [4.78, 5) is 11.0. The molecule has 22 heavy (non-hydrogen) atoms. The lowest BCUT2D eigenvalue weighted by molar-refractivity contribution is -0.145. The van der Waals surface area contributed by atoms with Gasteiger partial charge in [0.05, 0.1) is 0 Å². The molecule has 0 saturated heterocycles. The van der Waals surface area contributed by atoms with E-state index in [1.165, 1.54) is 0 Å². The van der Waals surface area contributed by atoms with Crippen molar-refractivity contribution in [1.82, 2.24) is 4.72 Å². The number of hydrogen-bond donors (Lipinski definition) is 2. The van der Waals surface area contributed by atoms with E-state index in [-0.39, 0.29) is 0 Å². The van der Waals surface area contributed by atoms with Crippen LogP contribution in [0, 0.1) is 11.6 Å². The van der Waals surface area contributed by atoms with Gasteiger partial charge in [-0.2, -0.15) is 0 Å². The van der Waals surface area contributed by atoms with Crippen LogP contribution in [0.5, 0.6) is 0 Å². The van der Waals surface area contributed by atoms with E-state index in [1.807, 2.05) is 0 Å². The summed E-state index contributed by atoms with van der Waals surface area (Å²) >= 11 is -1.90. The fourth-order valence-electron chi connectivity index (χ4n) is 1.74. The van der Waals surface area contributed by atoms with Crippen LogP contribution in [0.4, 0.5) is 13.2 Å². The number of halogens is 3. The molecule has 0 bridgehead atoms. The minimum atomic E-state index is -2.63. The Morgan fingerprint density at radius 3 is 2.32 bits per heavy atom. The molecular formula is C14H18F3NO3S. The highest BCUT2D eigenvalue weighted by atomic mass is 32.2. The zero-order valence-electron chi connectivity index (χ0n) is 12.6. The third kappa shape index (κ3) is 3.74. The molecule has 0 amide bonds. The molecule has 0 aromatic heterocycles. The molecule has 0 radical (unpaired) electrons. The largest absolute Gasteiger partial charge is 0.598 e. The zero-order valence-corrected chi connectivity index (χ0v) is 13.4. The molecule has 0 fully saturated rings. The predicted molar refractivity (Wildman–Crippen MR) is 77.3 cm³/mol. The summed E-state index contributed by atoms with van der Waals surface area (Å²) in [5, 5.41) is 8.92. The first-order valence-corrected chi connectivity index (χ1v) is 7.57. The number of carboxylic acid groups (broad SMARTS) is 1. The number of carboxylic acids is 1. The van der Waals surface area contributed by atoms with Gasteiger partial charge in [-0.1, -0.05) is 12.1 Å². The summed E-state index contributed by atoms with van der Waals surface area (Å²) < 4.78 is 55.3. The van der Waals surface area contributed by atoms with Gasteiger partial charge < -0.3 is 9.66 Å². The summed E-state index contributed by atoms with van der Waals surface area (Å²) in [5.74, 6) is -4.50. The van der Waals surface area contributed by atoms with E-state index in [9.17, 15) is 22.5 Å². The standard InChI is InChI=1S/C14H18F3NO3S/c1-13(2,3)22(21)18-14(4,11(17)12(19)20)8-6-5-7-9(15)10(8)16/h5-7,11,18H,1-4H3,(H,19,20)/t11-,14+,22+/m0/s1. The van der Waals surface area contributed by atoms with E-state index < -0.39 is 51.0 Å². The molecule has 0 spiro atoms. The third-order valence-corrected chi connectivity index (χ3v) is 4.82. The van der Waals surface area contributed by atoms with Gasteiger partial charge in [0, 0.05) is 16.9 Å². The monoisotopic (exact) mass is 337 g/mol. The van der Waals surface area contributed by atoms with Crippen molar-refractivity contribution in [3.05, 3.63) is 35.4 Å². The first kappa shape index (κ1) is 18.8. The number of aliphatic carboxylic acids is 1. The van der Waals surface area contributed by atoms with E-state index in [1.54, 1.807) is 20.8 Å². The summed E-state index contributed by atoms with van der Waals surface area (Å²) in [6, 6.07) is 3.01. The lowest BCUT2D eigenvalue weighted by atomic mass is 9.87. The predicted octanol–water partition coefficient (Wildman–Crippen LogP) is 2.65. The second kappa shape index (κ2) is 6.47. The fraction of sp³-hybridized carbons (Fsp3) is 0.500. The van der Waals surface area contributed by atoms with E-state index in [4.69, 9.17) is 5.11 Å². The Hall–Kier alpha value is -1.25. The maximum atomic E-state index is 14.2. The average Bonchev–Trinajstić information content (AvgIpc) is 2.39. The van der Waals surface area contributed by atoms with Crippen molar-refractivity contribution in [2.75, 3.05) is 0 Å². The van der Waals surface area contributed by atoms with Crippen LogP contribution in [0.15, 0.2) is 18.2 Å². The molecule has 1 aromatic carbocycles. The lowest BCUT2D eigenvalue weighted by Gasteiger charge is -2.36. The maximum absolute atomic E-state index is 14.2. The van der Waals surface area contributed by atoms with Crippen LogP contribution in [0.1, 0.15) is 33.3 Å². The number of benzene rings is 1. The minimum absolute atomic E-state index is 0.542. The first-order valence-electron chi connectivity index (χ1n) is 6.42. The Labute approximate surface area is 130 Å². The average molecular weight is 337 g/mol. The molecule has 3 atom stereocenters. The molecule has 0 unspecified atom stereocenters. The van der Waals surface area contributed by atoms with Crippen molar-refractivity contribution in [3.63, 3.8) is 0 Å². The van der Waals surface area contributed by atoms with Crippen molar-refractivity contribution in [2.45, 2.75) is 44.2 Å². The van der Waals surface area contributed by atoms with Gasteiger partial charge in [0.25, 0.3) is 0 Å². The fourth-order valence-corrected chi connectivity index (χ4v) is 2.65. The van der Waals surface area contributed by atoms with Crippen LogP contribution in [0.3, 0.4) is 0 Å². The topological polar surface area (TPSA) is 72.4 Å². The quantitative estimate of drug-likeness (QED) is 0.810. The van der Waals surface area contributed by atoms with Crippen LogP contribution in [0.25, 0.3) is 0 Å². The van der Waals surface area contributed by atoms with E-state index in [2.05, 4.69) is 4.72 Å². The molecule has 124 valence electrons. The summed E-state index contributed by atoms with van der Waals surface area (Å²) in [5.41, 5.74) is -2.74. The van der Waals surface area contributed by atoms with Gasteiger partial charge >= 0.3 is 5.97 Å². The van der Waals surface area contributed by atoms with Crippen molar-refractivity contribution >= 4 is 17.3 Å². The Kier molecular flexibility index (Phi) is 5.53. The Morgan fingerprint density at radius 1 is 1.32 bits per heavy atom. The molecule has 4 nitrogen and oxygen atoms in total. The molecule has 0 aliphatic rings. The Balaban J connectivity index is 3.41. The van der Waals surface area contributed by atoms with E-state index in [0.29, 0.717) is 0 Å². The molecule has 1 rings (SSSR count). The zero-order chi connectivity index (χ0) is 17.3. The van der Waals surface area contributed by atoms with Crippen molar-refractivity contribution in [3.8, 4) is 0 Å². The maximum Gasteiger partial charge on any atom is 0.340 e.